The molecule has 9 nitrogen and oxygen atoms in total. The van der Waals surface area contributed by atoms with Crippen molar-refractivity contribution >= 4 is 11.8 Å². The van der Waals surface area contributed by atoms with Gasteiger partial charge in [-0.15, -0.1) is 0 Å². The van der Waals surface area contributed by atoms with E-state index in [4.69, 9.17) is 18.9 Å². The second-order valence-corrected chi connectivity index (χ2v) is 8.22. The Bertz CT molecular complexity index is 1130. The molecular formula is C24H29F2N5O4. The summed E-state index contributed by atoms with van der Waals surface area (Å²) in [4.78, 5) is 8.39. The van der Waals surface area contributed by atoms with E-state index < -0.39 is 11.6 Å². The zero-order valence-corrected chi connectivity index (χ0v) is 20.0. The van der Waals surface area contributed by atoms with Gasteiger partial charge in [-0.2, -0.15) is 5.10 Å². The molecule has 1 aliphatic rings. The normalized spacial score (nSPS) is 15.7. The minimum Gasteiger partial charge on any atom is -0.494 e. The molecule has 1 aliphatic heterocycles. The lowest BCUT2D eigenvalue weighted by molar-refractivity contribution is -0.163. The summed E-state index contributed by atoms with van der Waals surface area (Å²) < 4.78 is 52.4. The highest BCUT2D eigenvalue weighted by molar-refractivity contribution is 5.48. The molecule has 0 spiro atoms. The van der Waals surface area contributed by atoms with Gasteiger partial charge in [0.25, 0.3) is 0 Å². The molecule has 0 bridgehead atoms. The first-order valence-corrected chi connectivity index (χ1v) is 11.5. The summed E-state index contributed by atoms with van der Waals surface area (Å²) in [5, 5.41) is 7.54. The number of methoxy groups -OCH3 is 1. The number of ether oxygens (including phenoxy) is 4. The minimum absolute atomic E-state index is 0.0399. The molecular weight excluding hydrogens is 460 g/mol. The number of benzene rings is 1. The molecule has 0 radical (unpaired) electrons. The fraction of sp³-hybridized carbons (Fsp3) is 0.458. The molecule has 188 valence electrons. The molecule has 11 heteroatoms. The number of aromatic nitrogens is 4. The van der Waals surface area contributed by atoms with E-state index >= 15 is 0 Å². The molecule has 1 N–H and O–H groups in total. The predicted molar refractivity (Wildman–Crippen MR) is 124 cm³/mol. The molecule has 1 unspecified atom stereocenters. The molecule has 2 aromatic heterocycles. The molecule has 1 fully saturated rings. The second-order valence-electron chi connectivity index (χ2n) is 8.22. The molecule has 0 saturated carbocycles. The fourth-order valence-electron chi connectivity index (χ4n) is 3.72. The first kappa shape index (κ1) is 24.8. The number of rotatable bonds is 10. The summed E-state index contributed by atoms with van der Waals surface area (Å²) in [6, 6.07) is 3.18. The lowest BCUT2D eigenvalue weighted by Gasteiger charge is -2.22. The van der Waals surface area contributed by atoms with Crippen molar-refractivity contribution in [1.82, 2.24) is 19.7 Å². The molecule has 1 atom stereocenters. The van der Waals surface area contributed by atoms with Crippen LogP contribution >= 0.6 is 0 Å². The van der Waals surface area contributed by atoms with Crippen molar-refractivity contribution in [3.8, 4) is 11.5 Å². The highest BCUT2D eigenvalue weighted by atomic mass is 19.1. The third kappa shape index (κ3) is 6.23. The summed E-state index contributed by atoms with van der Waals surface area (Å²) in [6.45, 7) is 5.00. The summed E-state index contributed by atoms with van der Waals surface area (Å²) in [6.07, 6.45) is 5.83. The maximum Gasteiger partial charge on any atom is 0.228 e. The number of nitrogens with zero attached hydrogens (tertiary/aromatic N) is 4. The van der Waals surface area contributed by atoms with E-state index in [1.54, 1.807) is 0 Å². The van der Waals surface area contributed by atoms with Crippen molar-refractivity contribution in [1.29, 1.82) is 0 Å². The van der Waals surface area contributed by atoms with Gasteiger partial charge in [0.05, 0.1) is 38.2 Å². The monoisotopic (exact) mass is 489 g/mol. The van der Waals surface area contributed by atoms with Crippen LogP contribution in [0.25, 0.3) is 0 Å². The van der Waals surface area contributed by atoms with Crippen LogP contribution in [0.3, 0.4) is 0 Å². The van der Waals surface area contributed by atoms with E-state index in [-0.39, 0.29) is 35.5 Å². The molecule has 3 heterocycles. The van der Waals surface area contributed by atoms with Crippen LogP contribution in [0.1, 0.15) is 36.1 Å². The zero-order valence-electron chi connectivity index (χ0n) is 20.0. The Hall–Kier alpha value is -3.31. The molecule has 0 aliphatic carbocycles. The fourth-order valence-corrected chi connectivity index (χ4v) is 3.72. The average molecular weight is 490 g/mol. The first-order valence-electron chi connectivity index (χ1n) is 11.5. The van der Waals surface area contributed by atoms with Crippen molar-refractivity contribution in [2.75, 3.05) is 25.6 Å². The Morgan fingerprint density at radius 1 is 1.14 bits per heavy atom. The van der Waals surface area contributed by atoms with Crippen molar-refractivity contribution in [3.05, 3.63) is 53.0 Å². The SMILES string of the molecule is COc1cc(C)c(F)c(COc2cnc(Nc3cc(C)n(CCOC4CCCCO4)n3)nc2)c1F. The highest BCUT2D eigenvalue weighted by Gasteiger charge is 2.18. The number of halogens is 2. The van der Waals surface area contributed by atoms with Crippen molar-refractivity contribution in [2.45, 2.75) is 52.6 Å². The predicted octanol–water partition coefficient (Wildman–Crippen LogP) is 4.44. The van der Waals surface area contributed by atoms with Crippen LogP contribution in [0.2, 0.25) is 0 Å². The summed E-state index contributed by atoms with van der Waals surface area (Å²) >= 11 is 0. The van der Waals surface area contributed by atoms with Gasteiger partial charge in [0.2, 0.25) is 5.95 Å². The number of nitrogens with one attached hydrogen (secondary N) is 1. The number of hydrogen-bond donors (Lipinski definition) is 1. The summed E-state index contributed by atoms with van der Waals surface area (Å²) in [7, 11) is 1.32. The van der Waals surface area contributed by atoms with Crippen LogP contribution < -0.4 is 14.8 Å². The Morgan fingerprint density at radius 2 is 1.94 bits per heavy atom. The first-order chi connectivity index (χ1) is 16.9. The van der Waals surface area contributed by atoms with Crippen LogP contribution in [0.15, 0.2) is 24.5 Å². The van der Waals surface area contributed by atoms with Crippen LogP contribution in [0, 0.1) is 25.5 Å². The van der Waals surface area contributed by atoms with Crippen molar-refractivity contribution in [3.63, 3.8) is 0 Å². The Labute approximate surface area is 202 Å². The van der Waals surface area contributed by atoms with Gasteiger partial charge in [-0.05, 0) is 44.7 Å². The van der Waals surface area contributed by atoms with Gasteiger partial charge < -0.3 is 24.3 Å². The summed E-state index contributed by atoms with van der Waals surface area (Å²) in [5.41, 5.74) is 1.00. The third-order valence-electron chi connectivity index (χ3n) is 5.64. The molecule has 4 rings (SSSR count). The minimum atomic E-state index is -0.794. The van der Waals surface area contributed by atoms with E-state index in [2.05, 4.69) is 20.4 Å². The number of aryl methyl sites for hydroxylation is 2. The Morgan fingerprint density at radius 3 is 2.66 bits per heavy atom. The van der Waals surface area contributed by atoms with Gasteiger partial charge in [-0.3, -0.25) is 4.68 Å². The van der Waals surface area contributed by atoms with Gasteiger partial charge >= 0.3 is 0 Å². The number of hydrogen-bond acceptors (Lipinski definition) is 8. The molecule has 0 amide bonds. The molecule has 3 aromatic rings. The van der Waals surface area contributed by atoms with Crippen LogP contribution in [0.5, 0.6) is 11.5 Å². The lowest BCUT2D eigenvalue weighted by atomic mass is 10.1. The van der Waals surface area contributed by atoms with Crippen LogP contribution in [-0.4, -0.2) is 46.4 Å². The van der Waals surface area contributed by atoms with Gasteiger partial charge in [-0.1, -0.05) is 0 Å². The summed E-state index contributed by atoms with van der Waals surface area (Å²) in [5.74, 6) is -0.354. The standard InChI is InChI=1S/C24H29F2N5O4/c1-15-10-19(32-3)23(26)18(22(15)25)14-35-17-12-27-24(28-13-17)29-20-11-16(2)31(30-20)7-9-34-21-6-4-5-8-33-21/h10-13,21H,4-9,14H2,1-3H3,(H,27,28,29,30). The van der Waals surface area contributed by atoms with E-state index in [1.165, 1.54) is 32.5 Å². The Balaban J connectivity index is 1.31. The molecule has 1 aromatic carbocycles. The van der Waals surface area contributed by atoms with E-state index in [9.17, 15) is 8.78 Å². The second kappa shape index (κ2) is 11.4. The Kier molecular flexibility index (Phi) is 8.09. The maximum atomic E-state index is 14.4. The van der Waals surface area contributed by atoms with Crippen LogP contribution in [0.4, 0.5) is 20.5 Å². The largest absolute Gasteiger partial charge is 0.494 e. The van der Waals surface area contributed by atoms with E-state index in [1.807, 2.05) is 17.7 Å². The lowest BCUT2D eigenvalue weighted by Crippen LogP contribution is -2.24. The van der Waals surface area contributed by atoms with Crippen molar-refractivity contribution in [2.24, 2.45) is 0 Å². The number of anilines is 2. The van der Waals surface area contributed by atoms with Crippen molar-refractivity contribution < 1.29 is 27.7 Å². The average Bonchev–Trinajstić information content (AvgIpc) is 3.21. The van der Waals surface area contributed by atoms with Gasteiger partial charge in [-0.25, -0.2) is 18.7 Å². The van der Waals surface area contributed by atoms with E-state index in [0.29, 0.717) is 24.9 Å². The maximum absolute atomic E-state index is 14.4. The molecule has 1 saturated heterocycles. The molecule has 35 heavy (non-hydrogen) atoms. The smallest absolute Gasteiger partial charge is 0.228 e. The van der Waals surface area contributed by atoms with Gasteiger partial charge in [0.1, 0.15) is 12.4 Å². The quantitative estimate of drug-likeness (QED) is 0.447. The third-order valence-corrected chi connectivity index (χ3v) is 5.64. The topological polar surface area (TPSA) is 92.6 Å². The van der Waals surface area contributed by atoms with Gasteiger partial charge in [0.15, 0.2) is 29.4 Å². The zero-order chi connectivity index (χ0) is 24.8. The van der Waals surface area contributed by atoms with E-state index in [0.717, 1.165) is 31.6 Å². The van der Waals surface area contributed by atoms with Gasteiger partial charge in [0, 0.05) is 18.4 Å². The van der Waals surface area contributed by atoms with Crippen LogP contribution in [-0.2, 0) is 22.6 Å². The highest BCUT2D eigenvalue weighted by Crippen LogP contribution is 2.27.